The Morgan fingerprint density at radius 1 is 1.26 bits per heavy atom. The van der Waals surface area contributed by atoms with Crippen molar-refractivity contribution >= 4 is 11.8 Å². The zero-order chi connectivity index (χ0) is 16.2. The van der Waals surface area contributed by atoms with Crippen molar-refractivity contribution < 1.29 is 14.3 Å². The van der Waals surface area contributed by atoms with E-state index in [9.17, 15) is 9.59 Å². The minimum Gasteiger partial charge on any atom is -0.462 e. The standard InChI is InChI=1S/C19H27NO3/c1-12(21)23-18-6-5-16-15-4-3-13-11-14(22)8-10-20(13)17(15)7-9-19(16,18)2/h8,10,13,15-18H,3-7,9,11H2,1-2H3/t13-,15-,16-,17-,18-,19-/m0/s1. The minimum atomic E-state index is -0.139. The topological polar surface area (TPSA) is 46.6 Å². The van der Waals surface area contributed by atoms with Gasteiger partial charge in [-0.1, -0.05) is 6.92 Å². The smallest absolute Gasteiger partial charge is 0.302 e. The van der Waals surface area contributed by atoms with E-state index in [2.05, 4.69) is 18.0 Å². The number of hydrogen-bond donors (Lipinski definition) is 0. The van der Waals surface area contributed by atoms with Crippen molar-refractivity contribution in [1.82, 2.24) is 4.90 Å². The van der Waals surface area contributed by atoms with Gasteiger partial charge in [0.25, 0.3) is 0 Å². The zero-order valence-electron chi connectivity index (χ0n) is 14.2. The van der Waals surface area contributed by atoms with E-state index in [1.807, 2.05) is 0 Å². The van der Waals surface area contributed by atoms with Crippen LogP contribution in [0.25, 0.3) is 0 Å². The molecule has 23 heavy (non-hydrogen) atoms. The number of hydrogen-bond acceptors (Lipinski definition) is 4. The number of esters is 1. The summed E-state index contributed by atoms with van der Waals surface area (Å²) in [5, 5.41) is 0. The van der Waals surface area contributed by atoms with Crippen molar-refractivity contribution in [2.75, 3.05) is 0 Å². The molecule has 2 aliphatic heterocycles. The molecule has 0 N–H and O–H groups in total. The van der Waals surface area contributed by atoms with E-state index in [4.69, 9.17) is 4.74 Å². The van der Waals surface area contributed by atoms with Crippen LogP contribution < -0.4 is 0 Å². The highest BCUT2D eigenvalue weighted by Gasteiger charge is 2.57. The first-order valence-corrected chi connectivity index (χ1v) is 9.15. The number of carbonyl (C=O) groups excluding carboxylic acids is 2. The second-order valence-corrected chi connectivity index (χ2v) is 8.22. The van der Waals surface area contributed by atoms with E-state index in [0.717, 1.165) is 25.7 Å². The van der Waals surface area contributed by atoms with Gasteiger partial charge in [0, 0.05) is 37.0 Å². The van der Waals surface area contributed by atoms with Crippen LogP contribution in [0.15, 0.2) is 12.3 Å². The fourth-order valence-corrected chi connectivity index (χ4v) is 6.09. The molecule has 2 aliphatic carbocycles. The van der Waals surface area contributed by atoms with Gasteiger partial charge in [0.15, 0.2) is 5.78 Å². The lowest BCUT2D eigenvalue weighted by Crippen LogP contribution is -2.57. The van der Waals surface area contributed by atoms with Crippen LogP contribution in [0.2, 0.25) is 0 Å². The minimum absolute atomic E-state index is 0.0992. The van der Waals surface area contributed by atoms with Crippen LogP contribution in [-0.4, -0.2) is 34.8 Å². The summed E-state index contributed by atoms with van der Waals surface area (Å²) in [4.78, 5) is 25.6. The molecule has 4 heteroatoms. The van der Waals surface area contributed by atoms with Crippen LogP contribution in [0.1, 0.15) is 58.8 Å². The fourth-order valence-electron chi connectivity index (χ4n) is 6.09. The van der Waals surface area contributed by atoms with Gasteiger partial charge in [-0.25, -0.2) is 0 Å². The molecular weight excluding hydrogens is 290 g/mol. The van der Waals surface area contributed by atoms with Gasteiger partial charge in [-0.2, -0.15) is 0 Å². The lowest BCUT2D eigenvalue weighted by molar-refractivity contribution is -0.156. The Balaban J connectivity index is 1.57. The summed E-state index contributed by atoms with van der Waals surface area (Å²) in [6.45, 7) is 3.87. The molecule has 2 saturated carbocycles. The van der Waals surface area contributed by atoms with E-state index in [1.165, 1.54) is 19.8 Å². The molecule has 0 spiro atoms. The highest BCUT2D eigenvalue weighted by Crippen LogP contribution is 2.58. The van der Waals surface area contributed by atoms with Gasteiger partial charge in [-0.05, 0) is 56.4 Å². The first-order chi connectivity index (χ1) is 11.0. The van der Waals surface area contributed by atoms with E-state index >= 15 is 0 Å². The van der Waals surface area contributed by atoms with Crippen molar-refractivity contribution in [3.8, 4) is 0 Å². The van der Waals surface area contributed by atoms with Crippen molar-refractivity contribution in [3.63, 3.8) is 0 Å². The van der Waals surface area contributed by atoms with E-state index in [-0.39, 0.29) is 23.3 Å². The third-order valence-corrected chi connectivity index (χ3v) is 7.13. The number of allylic oxidation sites excluding steroid dienone is 1. The maximum absolute atomic E-state index is 11.7. The first kappa shape index (κ1) is 15.2. The van der Waals surface area contributed by atoms with E-state index in [0.29, 0.717) is 30.3 Å². The fraction of sp³-hybridized carbons (Fsp3) is 0.789. The highest BCUT2D eigenvalue weighted by molar-refractivity contribution is 5.90. The predicted octanol–water partition coefficient (Wildman–Crippen LogP) is 3.06. The molecular formula is C19H27NO3. The maximum Gasteiger partial charge on any atom is 0.302 e. The second-order valence-electron chi connectivity index (χ2n) is 8.22. The van der Waals surface area contributed by atoms with E-state index in [1.54, 1.807) is 6.08 Å². The molecule has 0 amide bonds. The number of rotatable bonds is 1. The number of nitrogens with zero attached hydrogens (tertiary/aromatic N) is 1. The average molecular weight is 317 g/mol. The Hall–Kier alpha value is -1.32. The van der Waals surface area contributed by atoms with Gasteiger partial charge in [0.1, 0.15) is 6.10 Å². The molecule has 4 nitrogen and oxygen atoms in total. The first-order valence-electron chi connectivity index (χ1n) is 9.15. The highest BCUT2D eigenvalue weighted by atomic mass is 16.5. The monoisotopic (exact) mass is 317 g/mol. The summed E-state index contributed by atoms with van der Waals surface area (Å²) in [6.07, 6.45) is 11.4. The summed E-state index contributed by atoms with van der Waals surface area (Å²) in [6, 6.07) is 0.996. The van der Waals surface area contributed by atoms with Gasteiger partial charge in [0.05, 0.1) is 0 Å². The number of ether oxygens (including phenoxy) is 1. The molecule has 126 valence electrons. The van der Waals surface area contributed by atoms with Crippen molar-refractivity contribution in [2.45, 2.75) is 77.0 Å². The molecule has 0 aromatic rings. The van der Waals surface area contributed by atoms with Gasteiger partial charge in [0.2, 0.25) is 0 Å². The van der Waals surface area contributed by atoms with Crippen LogP contribution in [0, 0.1) is 17.3 Å². The van der Waals surface area contributed by atoms with Crippen molar-refractivity contribution in [3.05, 3.63) is 12.3 Å². The van der Waals surface area contributed by atoms with Crippen LogP contribution in [-0.2, 0) is 14.3 Å². The molecule has 4 rings (SSSR count). The number of carbonyl (C=O) groups is 2. The molecule has 0 aromatic heterocycles. The summed E-state index contributed by atoms with van der Waals surface area (Å²) >= 11 is 0. The molecule has 6 atom stereocenters. The number of ketones is 1. The zero-order valence-corrected chi connectivity index (χ0v) is 14.2. The molecule has 0 unspecified atom stereocenters. The largest absolute Gasteiger partial charge is 0.462 e. The number of fused-ring (bicyclic) bond motifs is 5. The summed E-state index contributed by atoms with van der Waals surface area (Å²) in [5.74, 6) is 1.47. The molecule has 0 bridgehead atoms. The van der Waals surface area contributed by atoms with Crippen molar-refractivity contribution in [1.29, 1.82) is 0 Å². The Bertz CT molecular complexity index is 557. The summed E-state index contributed by atoms with van der Waals surface area (Å²) < 4.78 is 5.67. The Morgan fingerprint density at radius 2 is 2.09 bits per heavy atom. The molecule has 4 aliphatic rings. The van der Waals surface area contributed by atoms with Gasteiger partial charge >= 0.3 is 5.97 Å². The van der Waals surface area contributed by atoms with Gasteiger partial charge in [-0.15, -0.1) is 0 Å². The van der Waals surface area contributed by atoms with Gasteiger partial charge in [-0.3, -0.25) is 9.59 Å². The second kappa shape index (κ2) is 5.35. The normalized spacial score (nSPS) is 45.2. The van der Waals surface area contributed by atoms with Crippen LogP contribution in [0.3, 0.4) is 0 Å². The lowest BCUT2D eigenvalue weighted by atomic mass is 9.59. The van der Waals surface area contributed by atoms with Crippen LogP contribution >= 0.6 is 0 Å². The Labute approximate surface area is 138 Å². The maximum atomic E-state index is 11.7. The van der Waals surface area contributed by atoms with E-state index < -0.39 is 0 Å². The van der Waals surface area contributed by atoms with Crippen LogP contribution in [0.4, 0.5) is 0 Å². The summed E-state index contributed by atoms with van der Waals surface area (Å²) in [7, 11) is 0. The molecule has 2 heterocycles. The lowest BCUT2D eigenvalue weighted by Gasteiger charge is -2.56. The molecule has 3 fully saturated rings. The van der Waals surface area contributed by atoms with Crippen LogP contribution in [0.5, 0.6) is 0 Å². The SMILES string of the molecule is CC(=O)O[C@H]1CC[C@H]2[C@@H]3CC[C@H]4CC(=O)C=CN4[C@H]3CC[C@]12C. The number of piperidine rings is 1. The van der Waals surface area contributed by atoms with Gasteiger partial charge < -0.3 is 9.64 Å². The quantitative estimate of drug-likeness (QED) is 0.697. The predicted molar refractivity (Wildman–Crippen MR) is 86.5 cm³/mol. The molecule has 1 saturated heterocycles. The Kier molecular flexibility index (Phi) is 3.54. The molecule has 0 radical (unpaired) electrons. The third-order valence-electron chi connectivity index (χ3n) is 7.13. The molecule has 0 aromatic carbocycles. The average Bonchev–Trinajstić information content (AvgIpc) is 2.83. The third kappa shape index (κ3) is 2.33. The van der Waals surface area contributed by atoms with Crippen molar-refractivity contribution in [2.24, 2.45) is 17.3 Å². The summed E-state index contributed by atoms with van der Waals surface area (Å²) in [5.41, 5.74) is 0.148. The Morgan fingerprint density at radius 3 is 2.87 bits per heavy atom.